The lowest BCUT2D eigenvalue weighted by molar-refractivity contribution is 0.0588. The van der Waals surface area contributed by atoms with E-state index in [0.717, 1.165) is 26.7 Å². The van der Waals surface area contributed by atoms with E-state index >= 15 is 0 Å². The molecule has 1 amide bonds. The fourth-order valence-corrected chi connectivity index (χ4v) is 3.17. The van der Waals surface area contributed by atoms with Crippen LogP contribution in [0.1, 0.15) is 26.3 Å². The standard InChI is InChI=1S/C21H24BrN3O3/c1-21(2,3)28-20(26)24(4)19-17-11-8-15(22)12-18(17)25(23-19)13-14-6-9-16(27-5)10-7-14/h6-12H,13H2,1-5H3. The van der Waals surface area contributed by atoms with Crippen molar-refractivity contribution >= 4 is 38.7 Å². The van der Waals surface area contributed by atoms with Crippen molar-refractivity contribution in [2.75, 3.05) is 19.1 Å². The zero-order chi connectivity index (χ0) is 20.5. The lowest BCUT2D eigenvalue weighted by Gasteiger charge is -2.23. The fourth-order valence-electron chi connectivity index (χ4n) is 2.82. The molecule has 0 aliphatic rings. The summed E-state index contributed by atoms with van der Waals surface area (Å²) >= 11 is 3.52. The molecule has 0 bridgehead atoms. The number of nitrogens with zero attached hydrogens (tertiary/aromatic N) is 3. The zero-order valence-electron chi connectivity index (χ0n) is 16.7. The number of anilines is 1. The second-order valence-electron chi connectivity index (χ2n) is 7.53. The Morgan fingerprint density at radius 2 is 1.86 bits per heavy atom. The number of halogens is 1. The normalized spacial score (nSPS) is 11.5. The van der Waals surface area contributed by atoms with Gasteiger partial charge in [-0.1, -0.05) is 28.1 Å². The Morgan fingerprint density at radius 1 is 1.18 bits per heavy atom. The highest BCUT2D eigenvalue weighted by atomic mass is 79.9. The summed E-state index contributed by atoms with van der Waals surface area (Å²) in [4.78, 5) is 14.0. The summed E-state index contributed by atoms with van der Waals surface area (Å²) in [5.74, 6) is 1.37. The number of amides is 1. The number of methoxy groups -OCH3 is 1. The number of aromatic nitrogens is 2. The zero-order valence-corrected chi connectivity index (χ0v) is 18.3. The van der Waals surface area contributed by atoms with Crippen molar-refractivity contribution in [1.29, 1.82) is 0 Å². The molecular formula is C21H24BrN3O3. The lowest BCUT2D eigenvalue weighted by Crippen LogP contribution is -2.34. The first-order valence-electron chi connectivity index (χ1n) is 8.93. The van der Waals surface area contributed by atoms with Crippen molar-refractivity contribution in [3.8, 4) is 5.75 Å². The smallest absolute Gasteiger partial charge is 0.415 e. The van der Waals surface area contributed by atoms with Crippen LogP contribution in [0.2, 0.25) is 0 Å². The third kappa shape index (κ3) is 4.47. The van der Waals surface area contributed by atoms with E-state index in [-0.39, 0.29) is 0 Å². The molecule has 0 saturated carbocycles. The van der Waals surface area contributed by atoms with Gasteiger partial charge in [0.25, 0.3) is 0 Å². The van der Waals surface area contributed by atoms with Crippen molar-refractivity contribution in [1.82, 2.24) is 9.78 Å². The minimum Gasteiger partial charge on any atom is -0.497 e. The van der Waals surface area contributed by atoms with Gasteiger partial charge in [-0.15, -0.1) is 0 Å². The maximum absolute atomic E-state index is 12.5. The van der Waals surface area contributed by atoms with E-state index in [1.54, 1.807) is 14.2 Å². The first kappa shape index (κ1) is 20.2. The Balaban J connectivity index is 1.99. The van der Waals surface area contributed by atoms with Crippen molar-refractivity contribution in [3.63, 3.8) is 0 Å². The van der Waals surface area contributed by atoms with Crippen LogP contribution in [0.4, 0.5) is 10.6 Å². The SMILES string of the molecule is COc1ccc(Cn2nc(N(C)C(=O)OC(C)(C)C)c3ccc(Br)cc32)cc1. The third-order valence-corrected chi connectivity index (χ3v) is 4.66. The lowest BCUT2D eigenvalue weighted by atomic mass is 10.2. The Bertz CT molecular complexity index is 991. The van der Waals surface area contributed by atoms with Gasteiger partial charge in [-0.2, -0.15) is 5.10 Å². The van der Waals surface area contributed by atoms with Gasteiger partial charge in [-0.3, -0.25) is 9.58 Å². The molecule has 0 atom stereocenters. The monoisotopic (exact) mass is 445 g/mol. The van der Waals surface area contributed by atoms with Crippen LogP contribution in [0.3, 0.4) is 0 Å². The number of benzene rings is 2. The van der Waals surface area contributed by atoms with Crippen LogP contribution in [0.5, 0.6) is 5.75 Å². The van der Waals surface area contributed by atoms with Crippen LogP contribution in [0, 0.1) is 0 Å². The van der Waals surface area contributed by atoms with Crippen LogP contribution in [0.15, 0.2) is 46.9 Å². The predicted octanol–water partition coefficient (Wildman–Crippen LogP) is 5.23. The number of hydrogen-bond donors (Lipinski definition) is 0. The summed E-state index contributed by atoms with van der Waals surface area (Å²) in [6, 6.07) is 13.7. The average Bonchev–Trinajstić information content (AvgIpc) is 2.98. The van der Waals surface area contributed by atoms with Gasteiger partial charge in [0, 0.05) is 16.9 Å². The molecule has 3 aromatic rings. The minimum atomic E-state index is -0.574. The summed E-state index contributed by atoms with van der Waals surface area (Å²) in [5.41, 5.74) is 1.43. The molecule has 1 aromatic heterocycles. The largest absolute Gasteiger partial charge is 0.497 e. The second kappa shape index (κ2) is 7.83. The number of ether oxygens (including phenoxy) is 2. The van der Waals surface area contributed by atoms with E-state index in [2.05, 4.69) is 15.9 Å². The Morgan fingerprint density at radius 3 is 2.46 bits per heavy atom. The summed E-state index contributed by atoms with van der Waals surface area (Å²) in [6.45, 7) is 6.10. The Labute approximate surface area is 173 Å². The second-order valence-corrected chi connectivity index (χ2v) is 8.45. The third-order valence-electron chi connectivity index (χ3n) is 4.17. The van der Waals surface area contributed by atoms with Crippen LogP contribution in [-0.2, 0) is 11.3 Å². The highest BCUT2D eigenvalue weighted by molar-refractivity contribution is 9.10. The average molecular weight is 446 g/mol. The van der Waals surface area contributed by atoms with E-state index in [0.29, 0.717) is 12.4 Å². The van der Waals surface area contributed by atoms with Gasteiger partial charge < -0.3 is 9.47 Å². The number of fused-ring (bicyclic) bond motifs is 1. The van der Waals surface area contributed by atoms with Gasteiger partial charge >= 0.3 is 6.09 Å². The molecule has 7 heteroatoms. The van der Waals surface area contributed by atoms with Gasteiger partial charge in [-0.05, 0) is 56.7 Å². The topological polar surface area (TPSA) is 56.6 Å². The van der Waals surface area contributed by atoms with Crippen molar-refractivity contribution in [2.24, 2.45) is 0 Å². The molecular weight excluding hydrogens is 422 g/mol. The molecule has 0 radical (unpaired) electrons. The molecule has 0 spiro atoms. The maximum Gasteiger partial charge on any atom is 0.415 e. The number of hydrogen-bond acceptors (Lipinski definition) is 4. The molecule has 0 aliphatic carbocycles. The van der Waals surface area contributed by atoms with Crippen LogP contribution < -0.4 is 9.64 Å². The van der Waals surface area contributed by atoms with Crippen molar-refractivity contribution in [3.05, 3.63) is 52.5 Å². The van der Waals surface area contributed by atoms with E-state index in [1.165, 1.54) is 4.90 Å². The van der Waals surface area contributed by atoms with Gasteiger partial charge in [-0.25, -0.2) is 4.79 Å². The van der Waals surface area contributed by atoms with Crippen LogP contribution in [0.25, 0.3) is 10.9 Å². The molecule has 6 nitrogen and oxygen atoms in total. The molecule has 3 rings (SSSR count). The number of carbonyl (C=O) groups excluding carboxylic acids is 1. The molecule has 148 valence electrons. The summed E-state index contributed by atoms with van der Waals surface area (Å²) in [7, 11) is 3.32. The van der Waals surface area contributed by atoms with Crippen molar-refractivity contribution < 1.29 is 14.3 Å². The first-order valence-corrected chi connectivity index (χ1v) is 9.73. The molecule has 1 heterocycles. The molecule has 0 fully saturated rings. The molecule has 0 saturated heterocycles. The van der Waals surface area contributed by atoms with Gasteiger partial charge in [0.2, 0.25) is 0 Å². The quantitative estimate of drug-likeness (QED) is 0.551. The fraction of sp³-hybridized carbons (Fsp3) is 0.333. The molecule has 28 heavy (non-hydrogen) atoms. The van der Waals surface area contributed by atoms with Crippen LogP contribution in [-0.4, -0.2) is 35.6 Å². The molecule has 0 aliphatic heterocycles. The summed E-state index contributed by atoms with van der Waals surface area (Å²) in [5, 5.41) is 5.59. The van der Waals surface area contributed by atoms with E-state index < -0.39 is 11.7 Å². The molecule has 0 N–H and O–H groups in total. The van der Waals surface area contributed by atoms with Crippen molar-refractivity contribution in [2.45, 2.75) is 32.9 Å². The molecule has 0 unspecified atom stereocenters. The first-order chi connectivity index (χ1) is 13.2. The van der Waals surface area contributed by atoms with Gasteiger partial charge in [0.15, 0.2) is 5.82 Å². The van der Waals surface area contributed by atoms with E-state index in [4.69, 9.17) is 14.6 Å². The molecule has 2 aromatic carbocycles. The minimum absolute atomic E-state index is 0.439. The van der Waals surface area contributed by atoms with Crippen LogP contribution >= 0.6 is 15.9 Å². The highest BCUT2D eigenvalue weighted by Crippen LogP contribution is 2.30. The van der Waals surface area contributed by atoms with E-state index in [1.807, 2.05) is 67.9 Å². The number of carbonyl (C=O) groups is 1. The predicted molar refractivity (Wildman–Crippen MR) is 114 cm³/mol. The summed E-state index contributed by atoms with van der Waals surface area (Å²) < 4.78 is 13.5. The highest BCUT2D eigenvalue weighted by Gasteiger charge is 2.24. The Hall–Kier alpha value is -2.54. The van der Waals surface area contributed by atoms with Gasteiger partial charge in [0.05, 0.1) is 19.2 Å². The summed E-state index contributed by atoms with van der Waals surface area (Å²) in [6.07, 6.45) is -0.439. The maximum atomic E-state index is 12.5. The Kier molecular flexibility index (Phi) is 5.65. The number of rotatable bonds is 4. The van der Waals surface area contributed by atoms with Gasteiger partial charge in [0.1, 0.15) is 11.4 Å². The van der Waals surface area contributed by atoms with E-state index in [9.17, 15) is 4.79 Å².